The lowest BCUT2D eigenvalue weighted by Crippen LogP contribution is -2.52. The minimum absolute atomic E-state index is 0.0632. The minimum atomic E-state index is -1.01. The summed E-state index contributed by atoms with van der Waals surface area (Å²) in [5.74, 6) is -1.59. The molecule has 37 heavy (non-hydrogen) atoms. The van der Waals surface area contributed by atoms with E-state index in [-0.39, 0.29) is 25.4 Å². The van der Waals surface area contributed by atoms with Gasteiger partial charge in [-0.1, -0.05) is 74.5 Å². The highest BCUT2D eigenvalue weighted by molar-refractivity contribution is 5.90. The monoisotopic (exact) mass is 509 g/mol. The van der Waals surface area contributed by atoms with Gasteiger partial charge in [0.25, 0.3) is 0 Å². The maximum atomic E-state index is 13.2. The molecule has 198 valence electrons. The SMILES string of the molecule is CC(C)C[C@H](NC(=O)OCc1ccccc1)C(=O)N[C@@H](Cc1ccccc1)C(=O)O/C=C\CCC(N)=O. The third-order valence-electron chi connectivity index (χ3n) is 5.25. The van der Waals surface area contributed by atoms with Crippen molar-refractivity contribution in [2.45, 2.75) is 58.2 Å². The van der Waals surface area contributed by atoms with Crippen LogP contribution in [0.5, 0.6) is 0 Å². The van der Waals surface area contributed by atoms with E-state index in [1.807, 2.05) is 74.5 Å². The van der Waals surface area contributed by atoms with E-state index in [1.165, 1.54) is 12.3 Å². The van der Waals surface area contributed by atoms with Crippen molar-refractivity contribution in [1.29, 1.82) is 0 Å². The highest BCUT2D eigenvalue weighted by Gasteiger charge is 2.28. The molecule has 0 saturated carbocycles. The fraction of sp³-hybridized carbons (Fsp3) is 0.357. The second kappa shape index (κ2) is 15.8. The number of hydrogen-bond acceptors (Lipinski definition) is 6. The molecule has 9 nitrogen and oxygen atoms in total. The van der Waals surface area contributed by atoms with Gasteiger partial charge in [0.2, 0.25) is 11.8 Å². The summed E-state index contributed by atoms with van der Waals surface area (Å²) >= 11 is 0. The molecule has 0 aromatic heterocycles. The molecule has 2 aromatic rings. The van der Waals surface area contributed by atoms with Crippen molar-refractivity contribution < 1.29 is 28.7 Å². The van der Waals surface area contributed by atoms with E-state index in [9.17, 15) is 19.2 Å². The van der Waals surface area contributed by atoms with Crippen LogP contribution in [-0.4, -0.2) is 36.0 Å². The number of nitrogens with one attached hydrogen (secondary N) is 2. The first-order chi connectivity index (χ1) is 17.7. The van der Waals surface area contributed by atoms with Crippen LogP contribution in [0.1, 0.15) is 44.2 Å². The standard InChI is InChI=1S/C28H35N3O6/c1-20(2)17-23(31-28(35)37-19-22-13-7-4-8-14-22)26(33)30-24(18-21-11-5-3-6-12-21)27(34)36-16-10-9-15-25(29)32/h3-8,10-14,16,20,23-24H,9,15,17-19H2,1-2H3,(H2,29,32)(H,30,33)(H,31,35)/b16-10-/t23-,24-/m0/s1. The number of rotatable bonds is 14. The number of allylic oxidation sites excluding steroid dienone is 1. The third-order valence-corrected chi connectivity index (χ3v) is 5.25. The molecule has 0 spiro atoms. The van der Waals surface area contributed by atoms with E-state index in [0.29, 0.717) is 12.8 Å². The van der Waals surface area contributed by atoms with E-state index < -0.39 is 36.0 Å². The van der Waals surface area contributed by atoms with Gasteiger partial charge in [0, 0.05) is 12.8 Å². The van der Waals surface area contributed by atoms with Crippen LogP contribution in [0.4, 0.5) is 4.79 Å². The van der Waals surface area contributed by atoms with Crippen molar-refractivity contribution in [3.63, 3.8) is 0 Å². The van der Waals surface area contributed by atoms with Crippen LogP contribution in [0, 0.1) is 5.92 Å². The summed E-state index contributed by atoms with van der Waals surface area (Å²) in [6.07, 6.45) is 2.94. The van der Waals surface area contributed by atoms with Gasteiger partial charge in [-0.15, -0.1) is 0 Å². The lowest BCUT2D eigenvalue weighted by atomic mass is 10.0. The number of hydrogen-bond donors (Lipinski definition) is 3. The van der Waals surface area contributed by atoms with Gasteiger partial charge in [0.15, 0.2) is 0 Å². The van der Waals surface area contributed by atoms with Gasteiger partial charge in [-0.05, 0) is 36.0 Å². The van der Waals surface area contributed by atoms with Crippen molar-refractivity contribution >= 4 is 23.9 Å². The smallest absolute Gasteiger partial charge is 0.408 e. The first-order valence-corrected chi connectivity index (χ1v) is 12.2. The summed E-state index contributed by atoms with van der Waals surface area (Å²) in [5, 5.41) is 5.33. The van der Waals surface area contributed by atoms with Crippen LogP contribution in [-0.2, 0) is 36.9 Å². The average molecular weight is 510 g/mol. The largest absolute Gasteiger partial charge is 0.445 e. The minimum Gasteiger partial charge on any atom is -0.445 e. The van der Waals surface area contributed by atoms with Crippen molar-refractivity contribution in [1.82, 2.24) is 10.6 Å². The van der Waals surface area contributed by atoms with Crippen LogP contribution in [0.3, 0.4) is 0 Å². The second-order valence-corrected chi connectivity index (χ2v) is 8.95. The molecule has 0 aliphatic rings. The number of alkyl carbamates (subject to hydrolysis) is 1. The van der Waals surface area contributed by atoms with E-state index in [4.69, 9.17) is 15.2 Å². The topological polar surface area (TPSA) is 137 Å². The fourth-order valence-electron chi connectivity index (χ4n) is 3.42. The van der Waals surface area contributed by atoms with Gasteiger partial charge >= 0.3 is 12.1 Å². The third kappa shape index (κ3) is 11.9. The van der Waals surface area contributed by atoms with Gasteiger partial charge in [-0.25, -0.2) is 9.59 Å². The number of carbonyl (C=O) groups excluding carboxylic acids is 4. The van der Waals surface area contributed by atoms with Crippen LogP contribution in [0.25, 0.3) is 0 Å². The first kappa shape index (κ1) is 29.1. The molecule has 0 bridgehead atoms. The van der Waals surface area contributed by atoms with Gasteiger partial charge in [0.1, 0.15) is 18.7 Å². The molecular weight excluding hydrogens is 474 g/mol. The number of benzene rings is 2. The van der Waals surface area contributed by atoms with Gasteiger partial charge < -0.3 is 25.8 Å². The molecule has 0 saturated heterocycles. The molecule has 2 aromatic carbocycles. The molecular formula is C28H35N3O6. The lowest BCUT2D eigenvalue weighted by molar-refractivity contribution is -0.143. The van der Waals surface area contributed by atoms with Crippen LogP contribution >= 0.6 is 0 Å². The molecule has 2 rings (SSSR count). The van der Waals surface area contributed by atoms with Gasteiger partial charge in [-0.3, -0.25) is 9.59 Å². The molecule has 0 radical (unpaired) electrons. The molecule has 9 heteroatoms. The Kier molecular flexibility index (Phi) is 12.4. The quantitative estimate of drug-likeness (QED) is 0.264. The van der Waals surface area contributed by atoms with Gasteiger partial charge in [0.05, 0.1) is 6.26 Å². The Morgan fingerprint density at radius 2 is 1.51 bits per heavy atom. The Hall–Kier alpha value is -4.14. The maximum Gasteiger partial charge on any atom is 0.408 e. The summed E-state index contributed by atoms with van der Waals surface area (Å²) in [6, 6.07) is 16.4. The maximum absolute atomic E-state index is 13.2. The number of ether oxygens (including phenoxy) is 2. The first-order valence-electron chi connectivity index (χ1n) is 12.2. The number of esters is 1. The van der Waals surface area contributed by atoms with Crippen LogP contribution < -0.4 is 16.4 Å². The fourth-order valence-corrected chi connectivity index (χ4v) is 3.42. The van der Waals surface area contributed by atoms with Crippen molar-refractivity contribution in [3.05, 3.63) is 84.1 Å². The predicted octanol–water partition coefficient (Wildman–Crippen LogP) is 3.38. The zero-order valence-electron chi connectivity index (χ0n) is 21.2. The molecule has 0 aliphatic carbocycles. The Balaban J connectivity index is 2.06. The van der Waals surface area contributed by atoms with Crippen molar-refractivity contribution in [2.24, 2.45) is 11.7 Å². The summed E-state index contributed by atoms with van der Waals surface area (Å²) in [4.78, 5) is 49.3. The predicted molar refractivity (Wildman–Crippen MR) is 139 cm³/mol. The molecule has 0 unspecified atom stereocenters. The highest BCUT2D eigenvalue weighted by Crippen LogP contribution is 2.10. The van der Waals surface area contributed by atoms with Crippen molar-refractivity contribution in [3.8, 4) is 0 Å². The molecule has 0 heterocycles. The number of amides is 3. The summed E-state index contributed by atoms with van der Waals surface area (Å²) in [5.41, 5.74) is 6.74. The highest BCUT2D eigenvalue weighted by atomic mass is 16.5. The molecule has 2 atom stereocenters. The van der Waals surface area contributed by atoms with E-state index in [2.05, 4.69) is 10.6 Å². The molecule has 0 aliphatic heterocycles. The number of nitrogens with two attached hydrogens (primary N) is 1. The van der Waals surface area contributed by atoms with Gasteiger partial charge in [-0.2, -0.15) is 0 Å². The Morgan fingerprint density at radius 3 is 2.11 bits per heavy atom. The summed E-state index contributed by atoms with van der Waals surface area (Å²) in [6.45, 7) is 3.90. The van der Waals surface area contributed by atoms with E-state index in [0.717, 1.165) is 11.1 Å². The normalized spacial score (nSPS) is 12.5. The number of carbonyl (C=O) groups is 4. The second-order valence-electron chi connectivity index (χ2n) is 8.95. The van der Waals surface area contributed by atoms with E-state index in [1.54, 1.807) is 0 Å². The average Bonchev–Trinajstić information content (AvgIpc) is 2.87. The summed E-state index contributed by atoms with van der Waals surface area (Å²) < 4.78 is 10.5. The molecule has 0 fully saturated rings. The summed E-state index contributed by atoms with van der Waals surface area (Å²) in [7, 11) is 0. The van der Waals surface area contributed by atoms with Crippen LogP contribution in [0.2, 0.25) is 0 Å². The zero-order valence-corrected chi connectivity index (χ0v) is 21.2. The Bertz CT molecular complexity index is 1040. The van der Waals surface area contributed by atoms with E-state index >= 15 is 0 Å². The van der Waals surface area contributed by atoms with Crippen LogP contribution in [0.15, 0.2) is 73.0 Å². The number of primary amides is 1. The zero-order chi connectivity index (χ0) is 27.0. The molecule has 4 N–H and O–H groups in total. The Labute approximate surface area is 217 Å². The molecule has 3 amide bonds. The lowest BCUT2D eigenvalue weighted by Gasteiger charge is -2.23. The Morgan fingerprint density at radius 1 is 0.892 bits per heavy atom. The van der Waals surface area contributed by atoms with Crippen molar-refractivity contribution in [2.75, 3.05) is 0 Å².